The summed E-state index contributed by atoms with van der Waals surface area (Å²) < 4.78 is 29.6. The number of hydrogen-bond donors (Lipinski definition) is 2. The van der Waals surface area contributed by atoms with E-state index in [2.05, 4.69) is 22.1 Å². The Labute approximate surface area is 132 Å². The fraction of sp³-hybridized carbons (Fsp3) is 0.769. The van der Waals surface area contributed by atoms with Crippen LogP contribution in [0.5, 0.6) is 0 Å². The normalized spacial score (nSPS) is 13.6. The average Bonchev–Trinajstić information content (AvgIpc) is 2.68. The topological polar surface area (TPSA) is 76.0 Å². The zero-order chi connectivity index (χ0) is 16.0. The Kier molecular flexibility index (Phi) is 7.19. The molecule has 1 atom stereocenters. The molecule has 0 saturated carbocycles. The Bertz CT molecular complexity index is 555. The van der Waals surface area contributed by atoms with E-state index in [0.717, 1.165) is 18.1 Å². The van der Waals surface area contributed by atoms with Gasteiger partial charge in [0.05, 0.1) is 17.9 Å². The van der Waals surface area contributed by atoms with Crippen molar-refractivity contribution in [3.63, 3.8) is 0 Å². The maximum absolute atomic E-state index is 12.5. The minimum absolute atomic E-state index is 0.0978. The molecule has 0 aliphatic rings. The third-order valence-electron chi connectivity index (χ3n) is 3.09. The molecule has 0 bridgehead atoms. The molecular weight excluding hydrogens is 308 g/mol. The van der Waals surface area contributed by atoms with E-state index in [4.69, 9.17) is 0 Å². The molecule has 0 radical (unpaired) electrons. The summed E-state index contributed by atoms with van der Waals surface area (Å²) in [5.41, 5.74) is 1.23. The molecule has 0 aromatic carbocycles. The van der Waals surface area contributed by atoms with Crippen LogP contribution in [0.3, 0.4) is 0 Å². The molecule has 21 heavy (non-hydrogen) atoms. The predicted molar refractivity (Wildman–Crippen MR) is 88.4 cm³/mol. The van der Waals surface area contributed by atoms with Crippen LogP contribution in [-0.2, 0) is 16.6 Å². The van der Waals surface area contributed by atoms with Crippen LogP contribution < -0.4 is 10.0 Å². The molecule has 1 aromatic heterocycles. The lowest BCUT2D eigenvalue weighted by atomic mass is 10.4. The minimum atomic E-state index is -3.52. The molecule has 1 rings (SSSR count). The first-order valence-corrected chi connectivity index (χ1v) is 9.76. The van der Waals surface area contributed by atoms with Crippen molar-refractivity contribution in [2.75, 3.05) is 25.1 Å². The van der Waals surface area contributed by atoms with Gasteiger partial charge in [0.25, 0.3) is 0 Å². The lowest BCUT2D eigenvalue weighted by Crippen LogP contribution is -2.35. The summed E-state index contributed by atoms with van der Waals surface area (Å²) >= 11 is 1.72. The summed E-state index contributed by atoms with van der Waals surface area (Å²) in [6.45, 7) is 8.89. The van der Waals surface area contributed by atoms with Crippen LogP contribution in [-0.4, -0.2) is 49.3 Å². The van der Waals surface area contributed by atoms with E-state index in [0.29, 0.717) is 22.8 Å². The number of nitrogens with zero attached hydrogens (tertiary/aromatic N) is 2. The van der Waals surface area contributed by atoms with Gasteiger partial charge < -0.3 is 5.32 Å². The Balaban J connectivity index is 2.95. The van der Waals surface area contributed by atoms with Gasteiger partial charge in [-0.15, -0.1) is 0 Å². The molecule has 0 saturated heterocycles. The van der Waals surface area contributed by atoms with Gasteiger partial charge in [-0.2, -0.15) is 16.9 Å². The first-order valence-electron chi connectivity index (χ1n) is 7.12. The summed E-state index contributed by atoms with van der Waals surface area (Å²) in [5.74, 6) is 1.74. The molecule has 1 unspecified atom stereocenters. The molecule has 122 valence electrons. The van der Waals surface area contributed by atoms with Crippen molar-refractivity contribution in [1.29, 1.82) is 0 Å². The fourth-order valence-corrected chi connectivity index (χ4v) is 4.59. The van der Waals surface area contributed by atoms with Gasteiger partial charge in [-0.1, -0.05) is 6.92 Å². The molecule has 0 amide bonds. The highest BCUT2D eigenvalue weighted by molar-refractivity contribution is 7.99. The Morgan fingerprint density at radius 3 is 2.62 bits per heavy atom. The Morgan fingerprint density at radius 1 is 1.38 bits per heavy atom. The smallest absolute Gasteiger partial charge is 0.244 e. The number of sulfonamides is 1. The Morgan fingerprint density at radius 2 is 2.05 bits per heavy atom. The third kappa shape index (κ3) is 4.98. The number of hydrogen-bond acceptors (Lipinski definition) is 5. The number of aryl methyl sites for hydroxylation is 1. The molecule has 0 fully saturated rings. The van der Waals surface area contributed by atoms with Crippen molar-refractivity contribution < 1.29 is 8.42 Å². The van der Waals surface area contributed by atoms with E-state index in [9.17, 15) is 8.42 Å². The third-order valence-corrected chi connectivity index (χ3v) is 6.07. The molecule has 2 N–H and O–H groups in total. The van der Waals surface area contributed by atoms with E-state index in [1.165, 1.54) is 0 Å². The number of aromatic nitrogens is 2. The zero-order valence-corrected chi connectivity index (χ0v) is 15.1. The van der Waals surface area contributed by atoms with E-state index in [1.54, 1.807) is 30.3 Å². The molecule has 1 aromatic rings. The highest BCUT2D eigenvalue weighted by atomic mass is 32.2. The Hall–Kier alpha value is -0.570. The van der Waals surface area contributed by atoms with Crippen molar-refractivity contribution in [2.45, 2.75) is 45.2 Å². The number of thioether (sulfide) groups is 1. The molecule has 0 aliphatic heterocycles. The SMILES string of the molecule is CCSCC(C)NS(=O)(=O)c1c(C)nn(CCNC)c1C. The van der Waals surface area contributed by atoms with E-state index >= 15 is 0 Å². The zero-order valence-electron chi connectivity index (χ0n) is 13.4. The summed E-state index contributed by atoms with van der Waals surface area (Å²) in [6, 6.07) is -0.0978. The summed E-state index contributed by atoms with van der Waals surface area (Å²) in [7, 11) is -1.66. The van der Waals surface area contributed by atoms with Crippen LogP contribution in [0.15, 0.2) is 4.90 Å². The predicted octanol–water partition coefficient (Wildman–Crippen LogP) is 1.14. The van der Waals surface area contributed by atoms with E-state index < -0.39 is 10.0 Å². The van der Waals surface area contributed by atoms with Crippen molar-refractivity contribution in [3.05, 3.63) is 11.4 Å². The van der Waals surface area contributed by atoms with Crippen LogP contribution in [0.2, 0.25) is 0 Å². The first-order chi connectivity index (χ1) is 9.83. The van der Waals surface area contributed by atoms with Gasteiger partial charge in [-0.3, -0.25) is 4.68 Å². The maximum atomic E-state index is 12.5. The first kappa shape index (κ1) is 18.5. The molecule has 8 heteroatoms. The summed E-state index contributed by atoms with van der Waals surface area (Å²) in [5, 5.41) is 7.37. The number of likely N-dealkylation sites (N-methyl/N-ethyl adjacent to an activating group) is 1. The largest absolute Gasteiger partial charge is 0.318 e. The van der Waals surface area contributed by atoms with Gasteiger partial charge in [0.1, 0.15) is 4.90 Å². The molecule has 1 heterocycles. The van der Waals surface area contributed by atoms with E-state index in [1.807, 2.05) is 14.0 Å². The standard InChI is InChI=1S/C13H26N4O2S2/c1-6-20-9-10(2)16-21(18,19)13-11(3)15-17(12(13)4)8-7-14-5/h10,14,16H,6-9H2,1-5H3. The molecule has 6 nitrogen and oxygen atoms in total. The van der Waals surface area contributed by atoms with Crippen LogP contribution in [0.25, 0.3) is 0 Å². The maximum Gasteiger partial charge on any atom is 0.244 e. The lowest BCUT2D eigenvalue weighted by molar-refractivity contribution is 0.561. The lowest BCUT2D eigenvalue weighted by Gasteiger charge is -2.14. The summed E-state index contributed by atoms with van der Waals surface area (Å²) in [6.07, 6.45) is 0. The van der Waals surface area contributed by atoms with Gasteiger partial charge in [0.2, 0.25) is 10.0 Å². The fourth-order valence-electron chi connectivity index (χ4n) is 2.16. The van der Waals surface area contributed by atoms with Crippen molar-refractivity contribution in [1.82, 2.24) is 19.8 Å². The van der Waals surface area contributed by atoms with Gasteiger partial charge in [0.15, 0.2) is 0 Å². The number of nitrogens with one attached hydrogen (secondary N) is 2. The van der Waals surface area contributed by atoms with Crippen LogP contribution in [0, 0.1) is 13.8 Å². The van der Waals surface area contributed by atoms with Crippen LogP contribution in [0.1, 0.15) is 25.2 Å². The van der Waals surface area contributed by atoms with Gasteiger partial charge >= 0.3 is 0 Å². The molecule has 0 spiro atoms. The highest BCUT2D eigenvalue weighted by Gasteiger charge is 2.25. The van der Waals surface area contributed by atoms with Crippen LogP contribution in [0.4, 0.5) is 0 Å². The number of rotatable bonds is 9. The van der Waals surface area contributed by atoms with E-state index in [-0.39, 0.29) is 6.04 Å². The van der Waals surface area contributed by atoms with Crippen molar-refractivity contribution >= 4 is 21.8 Å². The highest BCUT2D eigenvalue weighted by Crippen LogP contribution is 2.19. The van der Waals surface area contributed by atoms with Gasteiger partial charge in [-0.25, -0.2) is 13.1 Å². The second-order valence-electron chi connectivity index (χ2n) is 5.01. The second kappa shape index (κ2) is 8.17. The monoisotopic (exact) mass is 334 g/mol. The average molecular weight is 335 g/mol. The van der Waals surface area contributed by atoms with Gasteiger partial charge in [-0.05, 0) is 33.6 Å². The van der Waals surface area contributed by atoms with Crippen molar-refractivity contribution in [3.8, 4) is 0 Å². The minimum Gasteiger partial charge on any atom is -0.318 e. The van der Waals surface area contributed by atoms with Crippen LogP contribution >= 0.6 is 11.8 Å². The quantitative estimate of drug-likeness (QED) is 0.708. The summed E-state index contributed by atoms with van der Waals surface area (Å²) in [4.78, 5) is 0.312. The second-order valence-corrected chi connectivity index (χ2v) is 7.98. The molecular formula is C13H26N4O2S2. The van der Waals surface area contributed by atoms with Gasteiger partial charge in [0, 0.05) is 18.3 Å². The van der Waals surface area contributed by atoms with Crippen molar-refractivity contribution in [2.24, 2.45) is 0 Å². The molecule has 0 aliphatic carbocycles.